The molecule has 0 aliphatic carbocycles. The van der Waals surface area contributed by atoms with E-state index in [1.54, 1.807) is 6.26 Å². The highest BCUT2D eigenvalue weighted by molar-refractivity contribution is 7.98. The zero-order valence-corrected chi connectivity index (χ0v) is 13.5. The molecule has 0 aliphatic rings. The van der Waals surface area contributed by atoms with E-state index in [1.807, 2.05) is 0 Å². The van der Waals surface area contributed by atoms with Gasteiger partial charge >= 0.3 is 5.97 Å². The van der Waals surface area contributed by atoms with E-state index in [-0.39, 0.29) is 6.42 Å². The fraction of sp³-hybridized carbons (Fsp3) is 0.667. The van der Waals surface area contributed by atoms with Crippen LogP contribution in [0.4, 0.5) is 0 Å². The number of rotatable bonds is 11. The van der Waals surface area contributed by atoms with Gasteiger partial charge in [-0.15, -0.1) is 0 Å². The molecule has 0 aliphatic heterocycles. The highest BCUT2D eigenvalue weighted by atomic mass is 32.2. The summed E-state index contributed by atoms with van der Waals surface area (Å²) in [5, 5.41) is 22.6. The van der Waals surface area contributed by atoms with E-state index < -0.39 is 54.8 Å². The Balaban J connectivity index is 4.69. The number of carboxylic acids is 1. The fourth-order valence-corrected chi connectivity index (χ4v) is 2.02. The average Bonchev–Trinajstić information content (AvgIpc) is 2.47. The van der Waals surface area contributed by atoms with Crippen LogP contribution in [0.2, 0.25) is 0 Å². The minimum Gasteiger partial charge on any atom is -0.480 e. The molecule has 11 heteroatoms. The number of aliphatic carboxylic acids is 1. The van der Waals surface area contributed by atoms with Gasteiger partial charge in [0, 0.05) is 0 Å². The highest BCUT2D eigenvalue weighted by Crippen LogP contribution is 2.02. The summed E-state index contributed by atoms with van der Waals surface area (Å²) < 4.78 is 0. The lowest BCUT2D eigenvalue weighted by molar-refractivity contribution is -0.142. The van der Waals surface area contributed by atoms with Crippen LogP contribution in [0, 0.1) is 0 Å². The molecule has 0 rings (SSSR count). The zero-order chi connectivity index (χ0) is 18.0. The molecule has 3 amide bonds. The van der Waals surface area contributed by atoms with Crippen molar-refractivity contribution in [3.63, 3.8) is 0 Å². The van der Waals surface area contributed by atoms with Gasteiger partial charge in [-0.05, 0) is 18.4 Å². The second-order valence-corrected chi connectivity index (χ2v) is 5.69. The van der Waals surface area contributed by atoms with E-state index in [2.05, 4.69) is 10.6 Å². The van der Waals surface area contributed by atoms with Gasteiger partial charge in [-0.3, -0.25) is 14.4 Å². The second kappa shape index (κ2) is 10.8. The van der Waals surface area contributed by atoms with Crippen LogP contribution in [0.15, 0.2) is 0 Å². The maximum Gasteiger partial charge on any atom is 0.326 e. The maximum absolute atomic E-state index is 11.9. The largest absolute Gasteiger partial charge is 0.480 e. The van der Waals surface area contributed by atoms with Crippen molar-refractivity contribution in [2.24, 2.45) is 11.5 Å². The number of carbonyl (C=O) groups excluding carboxylic acids is 3. The molecule has 132 valence electrons. The van der Waals surface area contributed by atoms with Crippen molar-refractivity contribution in [1.82, 2.24) is 10.6 Å². The van der Waals surface area contributed by atoms with Crippen LogP contribution < -0.4 is 22.1 Å². The first-order chi connectivity index (χ1) is 10.7. The number of aliphatic hydroxyl groups excluding tert-OH is 1. The second-order valence-electron chi connectivity index (χ2n) is 4.70. The van der Waals surface area contributed by atoms with Gasteiger partial charge in [0.25, 0.3) is 0 Å². The lowest BCUT2D eigenvalue weighted by Crippen LogP contribution is -2.56. The Kier molecular flexibility index (Phi) is 9.94. The van der Waals surface area contributed by atoms with E-state index in [1.165, 1.54) is 11.8 Å². The smallest absolute Gasteiger partial charge is 0.326 e. The van der Waals surface area contributed by atoms with Crippen molar-refractivity contribution in [3.8, 4) is 0 Å². The quantitative estimate of drug-likeness (QED) is 0.227. The molecule has 0 radical (unpaired) electrons. The summed E-state index contributed by atoms with van der Waals surface area (Å²) in [6, 6.07) is -3.78. The molecule has 0 aromatic carbocycles. The summed E-state index contributed by atoms with van der Waals surface area (Å²) in [4.78, 5) is 45.4. The summed E-state index contributed by atoms with van der Waals surface area (Å²) in [5.41, 5.74) is 10.3. The molecule has 0 unspecified atom stereocenters. The van der Waals surface area contributed by atoms with Crippen LogP contribution in [0.3, 0.4) is 0 Å². The summed E-state index contributed by atoms with van der Waals surface area (Å²) in [7, 11) is 0. The van der Waals surface area contributed by atoms with E-state index in [9.17, 15) is 24.3 Å². The number of hydrogen-bond acceptors (Lipinski definition) is 7. The van der Waals surface area contributed by atoms with E-state index in [0.717, 1.165) is 0 Å². The van der Waals surface area contributed by atoms with Gasteiger partial charge in [0.2, 0.25) is 17.7 Å². The van der Waals surface area contributed by atoms with E-state index in [0.29, 0.717) is 5.75 Å². The Bertz CT molecular complexity index is 447. The monoisotopic (exact) mass is 350 g/mol. The fourth-order valence-electron chi connectivity index (χ4n) is 1.55. The van der Waals surface area contributed by atoms with E-state index in [4.69, 9.17) is 16.6 Å². The van der Waals surface area contributed by atoms with Gasteiger partial charge in [0.1, 0.15) is 12.1 Å². The molecule has 8 N–H and O–H groups in total. The van der Waals surface area contributed by atoms with Crippen molar-refractivity contribution in [2.75, 3.05) is 18.6 Å². The van der Waals surface area contributed by atoms with Gasteiger partial charge in [-0.25, -0.2) is 4.79 Å². The molecule has 0 saturated carbocycles. The average molecular weight is 350 g/mol. The van der Waals surface area contributed by atoms with Crippen LogP contribution in [-0.4, -0.2) is 70.6 Å². The molecular weight excluding hydrogens is 328 g/mol. The Hall–Kier alpha value is -1.85. The maximum atomic E-state index is 11.9. The third kappa shape index (κ3) is 8.38. The third-order valence-electron chi connectivity index (χ3n) is 2.80. The number of thioether (sulfide) groups is 1. The van der Waals surface area contributed by atoms with Gasteiger partial charge < -0.3 is 32.3 Å². The standard InChI is InChI=1S/C12H22N4O6S/c1-23-3-2-7(12(21)22)15-11(20)8(5-17)16-10(19)6(13)4-9(14)18/h6-8,17H,2-5,13H2,1H3,(H2,14,18)(H,15,20)(H,16,19)(H,21,22)/t6-,7-,8-/m0/s1. The lowest BCUT2D eigenvalue weighted by Gasteiger charge is -2.21. The molecule has 0 heterocycles. The van der Waals surface area contributed by atoms with Crippen molar-refractivity contribution < 1.29 is 29.4 Å². The summed E-state index contributed by atoms with van der Waals surface area (Å²) in [5.74, 6) is -3.22. The topological polar surface area (TPSA) is 185 Å². The Labute approximate surface area is 137 Å². The van der Waals surface area contributed by atoms with Crippen LogP contribution in [-0.2, 0) is 19.2 Å². The molecule has 0 bridgehead atoms. The molecular formula is C12H22N4O6S. The van der Waals surface area contributed by atoms with E-state index >= 15 is 0 Å². The number of nitrogens with one attached hydrogen (secondary N) is 2. The minimum atomic E-state index is -1.38. The van der Waals surface area contributed by atoms with Crippen molar-refractivity contribution in [3.05, 3.63) is 0 Å². The molecule has 10 nitrogen and oxygen atoms in total. The summed E-state index contributed by atoms with van der Waals surface area (Å²) in [6.45, 7) is -0.754. The number of primary amides is 1. The number of aliphatic hydroxyl groups is 1. The first kappa shape index (κ1) is 21.1. The van der Waals surface area contributed by atoms with Crippen LogP contribution in [0.5, 0.6) is 0 Å². The Morgan fingerprint density at radius 2 is 1.70 bits per heavy atom. The summed E-state index contributed by atoms with van der Waals surface area (Å²) in [6.07, 6.45) is 1.56. The van der Waals surface area contributed by atoms with Crippen LogP contribution in [0.25, 0.3) is 0 Å². The van der Waals surface area contributed by atoms with Gasteiger partial charge in [-0.2, -0.15) is 11.8 Å². The molecule has 3 atom stereocenters. The number of nitrogens with two attached hydrogens (primary N) is 2. The molecule has 0 aromatic rings. The third-order valence-corrected chi connectivity index (χ3v) is 3.44. The first-order valence-corrected chi connectivity index (χ1v) is 8.09. The van der Waals surface area contributed by atoms with Gasteiger partial charge in [-0.1, -0.05) is 0 Å². The number of carboxylic acid groups (broad SMARTS) is 1. The Morgan fingerprint density at radius 1 is 1.13 bits per heavy atom. The number of hydrogen-bond donors (Lipinski definition) is 6. The summed E-state index contributed by atoms with van der Waals surface area (Å²) >= 11 is 1.41. The van der Waals surface area contributed by atoms with Gasteiger partial charge in [0.15, 0.2) is 0 Å². The van der Waals surface area contributed by atoms with Crippen LogP contribution in [0.1, 0.15) is 12.8 Å². The van der Waals surface area contributed by atoms with Gasteiger partial charge in [0.05, 0.1) is 19.1 Å². The minimum absolute atomic E-state index is 0.190. The van der Waals surface area contributed by atoms with Crippen molar-refractivity contribution in [2.45, 2.75) is 31.0 Å². The first-order valence-electron chi connectivity index (χ1n) is 6.70. The molecule has 0 fully saturated rings. The normalized spacial score (nSPS) is 14.4. The lowest BCUT2D eigenvalue weighted by atomic mass is 10.1. The highest BCUT2D eigenvalue weighted by Gasteiger charge is 2.27. The Morgan fingerprint density at radius 3 is 2.13 bits per heavy atom. The SMILES string of the molecule is CSCC[C@H](NC(=O)[C@H](CO)NC(=O)[C@@H](N)CC(N)=O)C(=O)O. The van der Waals surface area contributed by atoms with Crippen molar-refractivity contribution in [1.29, 1.82) is 0 Å². The molecule has 23 heavy (non-hydrogen) atoms. The van der Waals surface area contributed by atoms with Crippen molar-refractivity contribution >= 4 is 35.5 Å². The number of carbonyl (C=O) groups is 4. The molecule has 0 spiro atoms. The molecule has 0 saturated heterocycles. The zero-order valence-electron chi connectivity index (χ0n) is 12.7. The molecule has 0 aromatic heterocycles. The predicted molar refractivity (Wildman–Crippen MR) is 83.4 cm³/mol. The number of amides is 3. The van der Waals surface area contributed by atoms with Crippen LogP contribution >= 0.6 is 11.8 Å². The predicted octanol–water partition coefficient (Wildman–Crippen LogP) is -3.01.